The van der Waals surface area contributed by atoms with Crippen molar-refractivity contribution in [3.8, 4) is 0 Å². The van der Waals surface area contributed by atoms with Crippen LogP contribution in [0.25, 0.3) is 0 Å². The molecule has 1 aromatic rings. The highest BCUT2D eigenvalue weighted by Gasteiger charge is 2.48. The van der Waals surface area contributed by atoms with Crippen molar-refractivity contribution in [2.45, 2.75) is 18.4 Å². The van der Waals surface area contributed by atoms with Crippen LogP contribution in [0, 0.1) is 11.8 Å². The molecule has 4 unspecified atom stereocenters. The van der Waals surface area contributed by atoms with Crippen molar-refractivity contribution >= 4 is 11.9 Å². The molecule has 0 radical (unpaired) electrons. The van der Waals surface area contributed by atoms with Crippen LogP contribution in [0.1, 0.15) is 17.9 Å². The maximum absolute atomic E-state index is 12.5. The van der Waals surface area contributed by atoms with E-state index in [1.807, 2.05) is 30.3 Å². The molecule has 1 amide bonds. The van der Waals surface area contributed by atoms with Crippen molar-refractivity contribution in [3.05, 3.63) is 35.9 Å². The number of aliphatic carboxylic acids is 1. The highest BCUT2D eigenvalue weighted by Crippen LogP contribution is 2.48. The fourth-order valence-electron chi connectivity index (χ4n) is 3.12. The fourth-order valence-corrected chi connectivity index (χ4v) is 3.12. The van der Waals surface area contributed by atoms with Crippen LogP contribution in [0.15, 0.2) is 30.3 Å². The van der Waals surface area contributed by atoms with Gasteiger partial charge in [0, 0.05) is 13.0 Å². The highest BCUT2D eigenvalue weighted by atomic mass is 16.5. The summed E-state index contributed by atoms with van der Waals surface area (Å²) in [6.07, 6.45) is 0.846. The van der Waals surface area contributed by atoms with Gasteiger partial charge in [-0.05, 0) is 17.9 Å². The first-order valence-electron chi connectivity index (χ1n) is 7.21. The number of carbonyl (C=O) groups excluding carboxylic acids is 1. The number of amides is 1. The Hall–Kier alpha value is -1.88. The number of likely N-dealkylation sites (N-methyl/N-ethyl adjacent to an activating group) is 1. The van der Waals surface area contributed by atoms with E-state index < -0.39 is 11.9 Å². The van der Waals surface area contributed by atoms with Crippen LogP contribution < -0.4 is 0 Å². The van der Waals surface area contributed by atoms with Crippen molar-refractivity contribution in [3.63, 3.8) is 0 Å². The van der Waals surface area contributed by atoms with Crippen molar-refractivity contribution < 1.29 is 19.4 Å². The van der Waals surface area contributed by atoms with Gasteiger partial charge in [0.25, 0.3) is 0 Å². The molecule has 1 heterocycles. The zero-order valence-electron chi connectivity index (χ0n) is 11.9. The lowest BCUT2D eigenvalue weighted by Gasteiger charge is -2.26. The summed E-state index contributed by atoms with van der Waals surface area (Å²) in [6, 6.07) is 9.64. The number of hydrogen-bond acceptors (Lipinski definition) is 3. The Labute approximate surface area is 123 Å². The van der Waals surface area contributed by atoms with E-state index in [2.05, 4.69) is 0 Å². The largest absolute Gasteiger partial charge is 0.481 e. The molecular weight excluding hydrogens is 270 g/mol. The second-order valence-electron chi connectivity index (χ2n) is 5.86. The zero-order valence-corrected chi connectivity index (χ0v) is 11.9. The highest BCUT2D eigenvalue weighted by molar-refractivity contribution is 5.84. The van der Waals surface area contributed by atoms with Crippen LogP contribution in [0.5, 0.6) is 0 Å². The Morgan fingerprint density at radius 2 is 1.90 bits per heavy atom. The van der Waals surface area contributed by atoms with E-state index in [4.69, 9.17) is 4.74 Å². The smallest absolute Gasteiger partial charge is 0.311 e. The molecule has 3 rings (SSSR count). The lowest BCUT2D eigenvalue weighted by atomic mass is 10.0. The van der Waals surface area contributed by atoms with Crippen molar-refractivity contribution in [2.24, 2.45) is 11.8 Å². The molecule has 1 saturated heterocycles. The number of rotatable bonds is 4. The molecule has 5 heteroatoms. The van der Waals surface area contributed by atoms with Crippen LogP contribution in [-0.4, -0.2) is 48.2 Å². The maximum Gasteiger partial charge on any atom is 0.311 e. The molecule has 1 saturated carbocycles. The summed E-state index contributed by atoms with van der Waals surface area (Å²) < 4.78 is 5.24. The van der Waals surface area contributed by atoms with Gasteiger partial charge in [-0.25, -0.2) is 0 Å². The van der Waals surface area contributed by atoms with Crippen LogP contribution in [0.2, 0.25) is 0 Å². The Balaban J connectivity index is 1.65. The average molecular weight is 289 g/mol. The first-order chi connectivity index (χ1) is 10.1. The zero-order chi connectivity index (χ0) is 15.0. The predicted octanol–water partition coefficient (Wildman–Crippen LogP) is 1.35. The van der Waals surface area contributed by atoms with E-state index in [9.17, 15) is 14.7 Å². The molecule has 0 bridgehead atoms. The van der Waals surface area contributed by atoms with E-state index in [0.29, 0.717) is 6.61 Å². The number of carboxylic acid groups (broad SMARTS) is 1. The summed E-state index contributed by atoms with van der Waals surface area (Å²) >= 11 is 0. The Kier molecular flexibility index (Phi) is 3.68. The molecule has 1 aliphatic carbocycles. The van der Waals surface area contributed by atoms with E-state index in [-0.39, 0.29) is 30.4 Å². The van der Waals surface area contributed by atoms with Gasteiger partial charge < -0.3 is 14.7 Å². The molecule has 1 aliphatic heterocycles. The molecule has 0 spiro atoms. The van der Waals surface area contributed by atoms with Gasteiger partial charge in [0.1, 0.15) is 5.92 Å². The molecule has 0 aromatic heterocycles. The molecule has 112 valence electrons. The normalized spacial score (nSPS) is 30.9. The third-order valence-electron chi connectivity index (χ3n) is 4.55. The van der Waals surface area contributed by atoms with Crippen molar-refractivity contribution in [2.75, 3.05) is 20.3 Å². The SMILES string of the molecule is CN(C(=O)C1CC1c1ccccc1)C1COCC1C(=O)O. The minimum absolute atomic E-state index is 0.0209. The Morgan fingerprint density at radius 3 is 2.57 bits per heavy atom. The Bertz CT molecular complexity index is 544. The number of nitrogens with zero attached hydrogens (tertiary/aromatic N) is 1. The van der Waals surface area contributed by atoms with Gasteiger partial charge in [-0.2, -0.15) is 0 Å². The molecule has 1 aromatic carbocycles. The van der Waals surface area contributed by atoms with Gasteiger partial charge in [0.2, 0.25) is 5.91 Å². The van der Waals surface area contributed by atoms with Gasteiger partial charge in [-0.3, -0.25) is 9.59 Å². The summed E-state index contributed by atoms with van der Waals surface area (Å²) in [5.41, 5.74) is 1.18. The topological polar surface area (TPSA) is 66.8 Å². The molecular formula is C16H19NO4. The number of ether oxygens (including phenoxy) is 1. The quantitative estimate of drug-likeness (QED) is 0.908. The predicted molar refractivity (Wildman–Crippen MR) is 75.8 cm³/mol. The number of carbonyl (C=O) groups is 2. The monoisotopic (exact) mass is 289 g/mol. The third kappa shape index (κ3) is 2.65. The van der Waals surface area contributed by atoms with Crippen molar-refractivity contribution in [1.82, 2.24) is 4.90 Å². The minimum Gasteiger partial charge on any atom is -0.481 e. The lowest BCUT2D eigenvalue weighted by molar-refractivity contribution is -0.144. The molecule has 2 fully saturated rings. The van der Waals surface area contributed by atoms with Crippen LogP contribution in [0.4, 0.5) is 0 Å². The van der Waals surface area contributed by atoms with E-state index in [0.717, 1.165) is 6.42 Å². The van der Waals surface area contributed by atoms with Crippen molar-refractivity contribution in [1.29, 1.82) is 0 Å². The van der Waals surface area contributed by atoms with Crippen LogP contribution in [-0.2, 0) is 14.3 Å². The first-order valence-corrected chi connectivity index (χ1v) is 7.21. The average Bonchev–Trinajstić information content (AvgIpc) is 3.14. The van der Waals surface area contributed by atoms with Gasteiger partial charge >= 0.3 is 5.97 Å². The summed E-state index contributed by atoms with van der Waals surface area (Å²) in [5.74, 6) is -1.23. The second-order valence-corrected chi connectivity index (χ2v) is 5.86. The Morgan fingerprint density at radius 1 is 1.19 bits per heavy atom. The summed E-state index contributed by atoms with van der Waals surface area (Å²) in [5, 5.41) is 9.18. The second kappa shape index (κ2) is 5.48. The van der Waals surface area contributed by atoms with Gasteiger partial charge in [0.05, 0.1) is 19.3 Å². The van der Waals surface area contributed by atoms with Gasteiger partial charge in [-0.15, -0.1) is 0 Å². The van der Waals surface area contributed by atoms with E-state index >= 15 is 0 Å². The standard InChI is InChI=1S/C16H19NO4/c1-17(14-9-21-8-13(14)16(19)20)15(18)12-7-11(12)10-5-3-2-4-6-10/h2-6,11-14H,7-9H2,1H3,(H,19,20). The first kappa shape index (κ1) is 14.1. The number of carboxylic acids is 1. The maximum atomic E-state index is 12.5. The molecule has 21 heavy (non-hydrogen) atoms. The summed E-state index contributed by atoms with van der Waals surface area (Å²) in [6.45, 7) is 0.492. The molecule has 4 atom stereocenters. The molecule has 1 N–H and O–H groups in total. The molecule has 2 aliphatic rings. The number of benzene rings is 1. The minimum atomic E-state index is -0.896. The van der Waals surface area contributed by atoms with Gasteiger partial charge in [0.15, 0.2) is 0 Å². The summed E-state index contributed by atoms with van der Waals surface area (Å²) in [7, 11) is 1.69. The van der Waals surface area contributed by atoms with E-state index in [1.54, 1.807) is 11.9 Å². The fraction of sp³-hybridized carbons (Fsp3) is 0.500. The number of hydrogen-bond donors (Lipinski definition) is 1. The molecule has 5 nitrogen and oxygen atoms in total. The van der Waals surface area contributed by atoms with E-state index in [1.165, 1.54) is 5.56 Å². The van der Waals surface area contributed by atoms with Crippen LogP contribution in [0.3, 0.4) is 0 Å². The third-order valence-corrected chi connectivity index (χ3v) is 4.55. The lowest BCUT2D eigenvalue weighted by Crippen LogP contribution is -2.44. The summed E-state index contributed by atoms with van der Waals surface area (Å²) in [4.78, 5) is 25.3. The van der Waals surface area contributed by atoms with Gasteiger partial charge in [-0.1, -0.05) is 30.3 Å². The van der Waals surface area contributed by atoms with Crippen LogP contribution >= 0.6 is 0 Å².